The highest BCUT2D eigenvalue weighted by Gasteiger charge is 2.27. The number of carbonyl (C=O) groups excluding carboxylic acids is 2. The zero-order chi connectivity index (χ0) is 14.5. The van der Waals surface area contributed by atoms with Gasteiger partial charge >= 0.3 is 0 Å². The van der Waals surface area contributed by atoms with E-state index in [4.69, 9.17) is 0 Å². The van der Waals surface area contributed by atoms with E-state index in [2.05, 4.69) is 16.0 Å². The monoisotopic (exact) mass is 263 g/mol. The lowest BCUT2D eigenvalue weighted by Gasteiger charge is -2.23. The maximum absolute atomic E-state index is 12.1. The van der Waals surface area contributed by atoms with Gasteiger partial charge in [0.1, 0.15) is 0 Å². The Morgan fingerprint density at radius 3 is 2.37 bits per heavy atom. The highest BCUT2D eigenvalue weighted by atomic mass is 16.2. The summed E-state index contributed by atoms with van der Waals surface area (Å²) in [5.74, 6) is -0.295. The highest BCUT2D eigenvalue weighted by Crippen LogP contribution is 2.16. The number of benzene rings is 1. The second kappa shape index (κ2) is 6.22. The molecule has 0 fully saturated rings. The number of amides is 2. The number of rotatable bonds is 5. The van der Waals surface area contributed by atoms with Crippen molar-refractivity contribution in [3.8, 4) is 0 Å². The van der Waals surface area contributed by atoms with Gasteiger partial charge in [-0.3, -0.25) is 9.59 Å². The Bertz CT molecular complexity index is 470. The van der Waals surface area contributed by atoms with Crippen LogP contribution in [0.1, 0.15) is 24.2 Å². The van der Waals surface area contributed by atoms with Gasteiger partial charge in [0.05, 0.1) is 11.0 Å². The van der Waals surface area contributed by atoms with Crippen molar-refractivity contribution in [3.63, 3.8) is 0 Å². The van der Waals surface area contributed by atoms with Gasteiger partial charge in [-0.05, 0) is 26.0 Å². The van der Waals surface area contributed by atoms with Crippen LogP contribution in [-0.4, -0.2) is 32.5 Å². The van der Waals surface area contributed by atoms with Crippen LogP contribution in [0.2, 0.25) is 0 Å². The molecule has 3 N–H and O–H groups in total. The average molecular weight is 263 g/mol. The number of anilines is 1. The third-order valence-electron chi connectivity index (χ3n) is 2.97. The zero-order valence-electron chi connectivity index (χ0n) is 11.8. The average Bonchev–Trinajstić information content (AvgIpc) is 2.43. The molecule has 0 aliphatic rings. The molecule has 0 atom stereocenters. The molecule has 0 aliphatic carbocycles. The number of nitrogens with one attached hydrogen (secondary N) is 3. The summed E-state index contributed by atoms with van der Waals surface area (Å²) in [6.45, 7) is 3.86. The molecule has 104 valence electrons. The summed E-state index contributed by atoms with van der Waals surface area (Å²) in [5.41, 5.74) is 0.689. The van der Waals surface area contributed by atoms with Crippen LogP contribution in [0.25, 0.3) is 0 Å². The van der Waals surface area contributed by atoms with Crippen LogP contribution in [0.3, 0.4) is 0 Å². The van der Waals surface area contributed by atoms with Crippen LogP contribution in [0, 0.1) is 5.41 Å². The van der Waals surface area contributed by atoms with Crippen molar-refractivity contribution < 1.29 is 9.59 Å². The van der Waals surface area contributed by atoms with E-state index in [1.807, 2.05) is 12.1 Å². The van der Waals surface area contributed by atoms with E-state index >= 15 is 0 Å². The third-order valence-corrected chi connectivity index (χ3v) is 2.97. The Hall–Kier alpha value is -2.04. The maximum atomic E-state index is 12.1. The Balaban J connectivity index is 2.73. The van der Waals surface area contributed by atoms with Crippen molar-refractivity contribution in [2.24, 2.45) is 5.41 Å². The molecule has 1 aromatic carbocycles. The van der Waals surface area contributed by atoms with E-state index in [1.54, 1.807) is 40.1 Å². The van der Waals surface area contributed by atoms with E-state index in [0.717, 1.165) is 5.69 Å². The topological polar surface area (TPSA) is 70.2 Å². The first kappa shape index (κ1) is 15.0. The van der Waals surface area contributed by atoms with E-state index in [0.29, 0.717) is 5.56 Å². The van der Waals surface area contributed by atoms with Crippen molar-refractivity contribution in [1.82, 2.24) is 10.6 Å². The summed E-state index contributed by atoms with van der Waals surface area (Å²) >= 11 is 0. The van der Waals surface area contributed by atoms with Gasteiger partial charge in [-0.25, -0.2) is 0 Å². The first-order valence-electron chi connectivity index (χ1n) is 6.19. The zero-order valence-corrected chi connectivity index (χ0v) is 11.8. The molecule has 0 radical (unpaired) electrons. The Kier molecular flexibility index (Phi) is 4.92. The molecule has 0 saturated heterocycles. The summed E-state index contributed by atoms with van der Waals surface area (Å²) in [7, 11) is 3.35. The Morgan fingerprint density at radius 1 is 1.16 bits per heavy atom. The maximum Gasteiger partial charge on any atom is 0.253 e. The van der Waals surface area contributed by atoms with Gasteiger partial charge in [-0.1, -0.05) is 12.1 Å². The van der Waals surface area contributed by atoms with Crippen molar-refractivity contribution in [2.45, 2.75) is 13.8 Å². The first-order chi connectivity index (χ1) is 8.92. The lowest BCUT2D eigenvalue weighted by atomic mass is 9.92. The smallest absolute Gasteiger partial charge is 0.253 e. The molecule has 2 amide bonds. The number of hydrogen-bond acceptors (Lipinski definition) is 3. The molecule has 0 saturated carbocycles. The van der Waals surface area contributed by atoms with Crippen LogP contribution < -0.4 is 16.0 Å². The fourth-order valence-electron chi connectivity index (χ4n) is 1.71. The highest BCUT2D eigenvalue weighted by molar-refractivity contribution is 5.99. The molecule has 19 heavy (non-hydrogen) atoms. The normalized spacial score (nSPS) is 10.7. The number of para-hydroxylation sites is 1. The summed E-state index contributed by atoms with van der Waals surface area (Å²) < 4.78 is 0. The molecular weight excluding hydrogens is 242 g/mol. The van der Waals surface area contributed by atoms with Crippen molar-refractivity contribution in [3.05, 3.63) is 29.8 Å². The van der Waals surface area contributed by atoms with Crippen LogP contribution in [-0.2, 0) is 4.79 Å². The molecule has 0 spiro atoms. The van der Waals surface area contributed by atoms with Crippen LogP contribution in [0.5, 0.6) is 0 Å². The molecule has 5 heteroatoms. The van der Waals surface area contributed by atoms with Gasteiger partial charge in [-0.15, -0.1) is 0 Å². The minimum absolute atomic E-state index is 0.102. The van der Waals surface area contributed by atoms with Crippen molar-refractivity contribution in [1.29, 1.82) is 0 Å². The SMILES string of the molecule is CNC(=O)C(C)(C)CNC(=O)c1ccccc1NC. The summed E-state index contributed by atoms with van der Waals surface area (Å²) in [6.07, 6.45) is 0. The van der Waals surface area contributed by atoms with Gasteiger partial charge in [0.15, 0.2) is 0 Å². The standard InChI is InChI=1S/C14H21N3O2/c1-14(2,13(19)16-4)9-17-12(18)10-7-5-6-8-11(10)15-3/h5-8,15H,9H2,1-4H3,(H,16,19)(H,17,18). The lowest BCUT2D eigenvalue weighted by Crippen LogP contribution is -2.43. The van der Waals surface area contributed by atoms with Crippen LogP contribution in [0.4, 0.5) is 5.69 Å². The molecule has 0 unspecified atom stereocenters. The molecule has 5 nitrogen and oxygen atoms in total. The van der Waals surface area contributed by atoms with E-state index < -0.39 is 5.41 Å². The molecule has 0 bridgehead atoms. The summed E-state index contributed by atoms with van der Waals surface area (Å²) in [5, 5.41) is 8.35. The largest absolute Gasteiger partial charge is 0.387 e. The number of hydrogen-bond donors (Lipinski definition) is 3. The van der Waals surface area contributed by atoms with Crippen LogP contribution >= 0.6 is 0 Å². The molecule has 1 aromatic rings. The Labute approximate surface area is 113 Å². The minimum atomic E-state index is -0.640. The quantitative estimate of drug-likeness (QED) is 0.748. The fraction of sp³-hybridized carbons (Fsp3) is 0.429. The number of carbonyl (C=O) groups is 2. The molecule has 0 aliphatic heterocycles. The first-order valence-corrected chi connectivity index (χ1v) is 6.19. The minimum Gasteiger partial charge on any atom is -0.387 e. The molecular formula is C14H21N3O2. The lowest BCUT2D eigenvalue weighted by molar-refractivity contribution is -0.128. The second-order valence-corrected chi connectivity index (χ2v) is 4.94. The summed E-state index contributed by atoms with van der Waals surface area (Å²) in [6, 6.07) is 7.24. The van der Waals surface area contributed by atoms with Gasteiger partial charge < -0.3 is 16.0 Å². The van der Waals surface area contributed by atoms with Crippen molar-refractivity contribution >= 4 is 17.5 Å². The summed E-state index contributed by atoms with van der Waals surface area (Å²) in [4.78, 5) is 23.7. The molecule has 0 aromatic heterocycles. The predicted octanol–water partition coefficient (Wildman–Crippen LogP) is 1.23. The van der Waals surface area contributed by atoms with E-state index in [1.165, 1.54) is 0 Å². The Morgan fingerprint density at radius 2 is 1.79 bits per heavy atom. The van der Waals surface area contributed by atoms with Gasteiger partial charge in [0.25, 0.3) is 5.91 Å². The van der Waals surface area contributed by atoms with E-state index in [9.17, 15) is 9.59 Å². The van der Waals surface area contributed by atoms with Gasteiger partial charge in [-0.2, -0.15) is 0 Å². The predicted molar refractivity (Wildman–Crippen MR) is 76.2 cm³/mol. The molecule has 1 rings (SSSR count). The van der Waals surface area contributed by atoms with Crippen molar-refractivity contribution in [2.75, 3.05) is 26.0 Å². The van der Waals surface area contributed by atoms with E-state index in [-0.39, 0.29) is 18.4 Å². The third kappa shape index (κ3) is 3.71. The second-order valence-electron chi connectivity index (χ2n) is 4.94. The van der Waals surface area contributed by atoms with Gasteiger partial charge in [0, 0.05) is 26.3 Å². The fourth-order valence-corrected chi connectivity index (χ4v) is 1.71. The van der Waals surface area contributed by atoms with Gasteiger partial charge in [0.2, 0.25) is 5.91 Å². The van der Waals surface area contributed by atoms with Crippen LogP contribution in [0.15, 0.2) is 24.3 Å². The molecule has 0 heterocycles.